The normalized spacial score (nSPS) is 14.0. The Balaban J connectivity index is 4.28. The lowest BCUT2D eigenvalue weighted by molar-refractivity contribution is -0.870. The van der Waals surface area contributed by atoms with Crippen LogP contribution in [0.15, 0.2) is 48.6 Å². The zero-order chi connectivity index (χ0) is 42.8. The van der Waals surface area contributed by atoms with E-state index in [4.69, 9.17) is 18.5 Å². The summed E-state index contributed by atoms with van der Waals surface area (Å²) in [5.41, 5.74) is 0. The third-order valence-electron chi connectivity index (χ3n) is 9.83. The minimum Gasteiger partial charge on any atom is -0.756 e. The van der Waals surface area contributed by atoms with Gasteiger partial charge in [-0.3, -0.25) is 14.2 Å². The first-order valence-electron chi connectivity index (χ1n) is 23.3. The van der Waals surface area contributed by atoms with Crippen molar-refractivity contribution in [3.8, 4) is 0 Å². The Morgan fingerprint density at radius 3 is 1.50 bits per heavy atom. The van der Waals surface area contributed by atoms with Gasteiger partial charge in [-0.15, -0.1) is 0 Å². The van der Waals surface area contributed by atoms with Crippen LogP contribution in [0.25, 0.3) is 0 Å². The van der Waals surface area contributed by atoms with Crippen molar-refractivity contribution in [3.05, 3.63) is 48.6 Å². The van der Waals surface area contributed by atoms with E-state index < -0.39 is 32.5 Å². The molecule has 0 saturated carbocycles. The second-order valence-electron chi connectivity index (χ2n) is 16.7. The molecule has 10 heteroatoms. The number of unbranched alkanes of at least 4 members (excludes halogenated alkanes) is 20. The fraction of sp³-hybridized carbons (Fsp3) is 0.792. The Morgan fingerprint density at radius 2 is 0.983 bits per heavy atom. The van der Waals surface area contributed by atoms with Gasteiger partial charge in [0.05, 0.1) is 27.7 Å². The van der Waals surface area contributed by atoms with Gasteiger partial charge in [-0.05, 0) is 70.6 Å². The maximum Gasteiger partial charge on any atom is 0.306 e. The lowest BCUT2D eigenvalue weighted by Crippen LogP contribution is -2.37. The number of hydrogen-bond donors (Lipinski definition) is 0. The highest BCUT2D eigenvalue weighted by Gasteiger charge is 2.21. The van der Waals surface area contributed by atoms with Crippen LogP contribution in [-0.4, -0.2) is 70.0 Å². The van der Waals surface area contributed by atoms with Crippen LogP contribution in [0.5, 0.6) is 0 Å². The van der Waals surface area contributed by atoms with Crippen LogP contribution in [0.4, 0.5) is 0 Å². The molecule has 0 spiro atoms. The summed E-state index contributed by atoms with van der Waals surface area (Å²) in [6.45, 7) is 4.08. The van der Waals surface area contributed by atoms with E-state index in [9.17, 15) is 19.0 Å². The molecule has 0 aromatic rings. The van der Waals surface area contributed by atoms with Crippen molar-refractivity contribution >= 4 is 19.8 Å². The van der Waals surface area contributed by atoms with Gasteiger partial charge in [-0.25, -0.2) is 0 Å². The van der Waals surface area contributed by atoms with E-state index in [1.807, 2.05) is 21.1 Å². The van der Waals surface area contributed by atoms with Crippen LogP contribution in [0, 0.1) is 0 Å². The molecule has 0 N–H and O–H groups in total. The Kier molecular flexibility index (Phi) is 39.0. The van der Waals surface area contributed by atoms with E-state index >= 15 is 0 Å². The highest BCUT2D eigenvalue weighted by atomic mass is 31.2. The van der Waals surface area contributed by atoms with Crippen LogP contribution < -0.4 is 4.89 Å². The molecule has 0 amide bonds. The standard InChI is InChI=1S/C48H88NO8P/c1-6-8-10-12-14-16-18-20-21-22-23-24-25-26-27-29-30-32-34-36-38-40-47(50)54-44-46(45-56-58(52,53)55-43-42-49(3,4)5)57-48(51)41-39-37-35-33-31-28-19-17-15-13-11-9-7-2/h9,11,15,17,22-23,28,31,46H,6-8,10,12-14,16,18-21,24-27,29-30,32-45H2,1-5H3/b11-9-,17-15-,23-22-,31-28-. The monoisotopic (exact) mass is 838 g/mol. The maximum absolute atomic E-state index is 12.7. The lowest BCUT2D eigenvalue weighted by atomic mass is 10.1. The third kappa shape index (κ3) is 43.5. The number of hydrogen-bond acceptors (Lipinski definition) is 8. The molecule has 0 radical (unpaired) electrons. The number of likely N-dealkylation sites (N-methyl/N-ethyl adjacent to an activating group) is 1. The van der Waals surface area contributed by atoms with Crippen molar-refractivity contribution in [2.45, 2.75) is 200 Å². The SMILES string of the molecule is CC/C=C\C/C=C\C/C=C\CCCCCC(=O)OC(COC(=O)CCCCCCCCCCC/C=C\CCCCCCCCCC)COP(=O)([O-])OCC[N+](C)(C)C. The number of carbonyl (C=O) groups is 2. The molecule has 2 unspecified atom stereocenters. The fourth-order valence-electron chi connectivity index (χ4n) is 6.19. The number of carbonyl (C=O) groups excluding carboxylic acids is 2. The molecule has 58 heavy (non-hydrogen) atoms. The molecule has 0 saturated heterocycles. The molecule has 338 valence electrons. The summed E-state index contributed by atoms with van der Waals surface area (Å²) in [4.78, 5) is 37.5. The molecule has 0 aliphatic carbocycles. The molecular formula is C48H88NO8P. The molecule has 0 aliphatic rings. The number of esters is 2. The first kappa shape index (κ1) is 56.0. The predicted molar refractivity (Wildman–Crippen MR) is 240 cm³/mol. The van der Waals surface area contributed by atoms with E-state index in [2.05, 4.69) is 62.5 Å². The van der Waals surface area contributed by atoms with E-state index in [0.717, 1.165) is 57.8 Å². The van der Waals surface area contributed by atoms with Crippen molar-refractivity contribution in [3.63, 3.8) is 0 Å². The van der Waals surface area contributed by atoms with Crippen molar-refractivity contribution in [1.82, 2.24) is 0 Å². The molecular weight excluding hydrogens is 750 g/mol. The van der Waals surface area contributed by atoms with Gasteiger partial charge in [0, 0.05) is 12.8 Å². The molecule has 0 aliphatic heterocycles. The van der Waals surface area contributed by atoms with Crippen molar-refractivity contribution in [2.75, 3.05) is 47.5 Å². The Labute approximate surface area is 356 Å². The van der Waals surface area contributed by atoms with Crippen LogP contribution in [0.1, 0.15) is 194 Å². The van der Waals surface area contributed by atoms with Crippen LogP contribution in [0.3, 0.4) is 0 Å². The minimum atomic E-state index is -4.63. The van der Waals surface area contributed by atoms with Crippen LogP contribution in [0.2, 0.25) is 0 Å². The maximum atomic E-state index is 12.7. The van der Waals surface area contributed by atoms with Gasteiger partial charge >= 0.3 is 11.9 Å². The van der Waals surface area contributed by atoms with Crippen molar-refractivity contribution in [1.29, 1.82) is 0 Å². The van der Waals surface area contributed by atoms with Gasteiger partial charge in [0.1, 0.15) is 19.8 Å². The van der Waals surface area contributed by atoms with Gasteiger partial charge in [-0.2, -0.15) is 0 Å². The van der Waals surface area contributed by atoms with Gasteiger partial charge in [0.25, 0.3) is 7.82 Å². The number of allylic oxidation sites excluding steroid dienone is 8. The Hall–Kier alpha value is -2.03. The van der Waals surface area contributed by atoms with Crippen LogP contribution in [-0.2, 0) is 32.7 Å². The smallest absolute Gasteiger partial charge is 0.306 e. The van der Waals surface area contributed by atoms with E-state index in [0.29, 0.717) is 17.4 Å². The zero-order valence-corrected chi connectivity index (χ0v) is 38.9. The number of rotatable bonds is 42. The molecule has 0 bridgehead atoms. The molecule has 0 rings (SSSR count). The van der Waals surface area contributed by atoms with Crippen molar-refractivity contribution < 1.29 is 42.1 Å². The second kappa shape index (κ2) is 40.4. The number of phosphoric acid groups is 1. The third-order valence-corrected chi connectivity index (χ3v) is 10.8. The number of phosphoric ester groups is 1. The zero-order valence-electron chi connectivity index (χ0n) is 38.0. The lowest BCUT2D eigenvalue weighted by Gasteiger charge is -2.28. The van der Waals surface area contributed by atoms with Gasteiger partial charge < -0.3 is 27.9 Å². The topological polar surface area (TPSA) is 111 Å². The van der Waals surface area contributed by atoms with E-state index in [-0.39, 0.29) is 26.1 Å². The molecule has 9 nitrogen and oxygen atoms in total. The Bertz CT molecular complexity index is 1130. The Morgan fingerprint density at radius 1 is 0.552 bits per heavy atom. The summed E-state index contributed by atoms with van der Waals surface area (Å²) in [6, 6.07) is 0. The summed E-state index contributed by atoms with van der Waals surface area (Å²) in [6.07, 6.45) is 47.2. The molecule has 0 aromatic heterocycles. The molecule has 2 atom stereocenters. The summed E-state index contributed by atoms with van der Waals surface area (Å²) in [5.74, 6) is -0.871. The quantitative estimate of drug-likeness (QED) is 0.0196. The first-order valence-corrected chi connectivity index (χ1v) is 24.8. The second-order valence-corrected chi connectivity index (χ2v) is 18.1. The summed E-state index contributed by atoms with van der Waals surface area (Å²) < 4.78 is 33.9. The fourth-order valence-corrected chi connectivity index (χ4v) is 6.92. The van der Waals surface area contributed by atoms with Gasteiger partial charge in [-0.1, -0.05) is 159 Å². The largest absolute Gasteiger partial charge is 0.756 e. The minimum absolute atomic E-state index is 0.0381. The van der Waals surface area contributed by atoms with Gasteiger partial charge in [0.2, 0.25) is 0 Å². The molecule has 0 fully saturated rings. The summed E-state index contributed by atoms with van der Waals surface area (Å²) >= 11 is 0. The highest BCUT2D eigenvalue weighted by molar-refractivity contribution is 7.45. The highest BCUT2D eigenvalue weighted by Crippen LogP contribution is 2.38. The van der Waals surface area contributed by atoms with Crippen molar-refractivity contribution in [2.24, 2.45) is 0 Å². The summed E-state index contributed by atoms with van der Waals surface area (Å²) in [5, 5.41) is 0. The summed E-state index contributed by atoms with van der Waals surface area (Å²) in [7, 11) is 1.14. The average molecular weight is 838 g/mol. The van der Waals surface area contributed by atoms with Gasteiger partial charge in [0.15, 0.2) is 6.10 Å². The first-order chi connectivity index (χ1) is 28.0. The molecule has 0 aromatic carbocycles. The number of quaternary nitrogens is 1. The van der Waals surface area contributed by atoms with E-state index in [1.165, 1.54) is 103 Å². The predicted octanol–water partition coefficient (Wildman–Crippen LogP) is 12.8. The molecule has 0 heterocycles. The van der Waals surface area contributed by atoms with E-state index in [1.54, 1.807) is 0 Å². The average Bonchev–Trinajstić information content (AvgIpc) is 3.17. The van der Waals surface area contributed by atoms with Crippen LogP contribution >= 0.6 is 7.82 Å². The number of ether oxygens (including phenoxy) is 2. The number of nitrogens with zero attached hydrogens (tertiary/aromatic N) is 1.